The van der Waals surface area contributed by atoms with Gasteiger partial charge in [0.25, 0.3) is 0 Å². The summed E-state index contributed by atoms with van der Waals surface area (Å²) in [6, 6.07) is -0.917. The average molecular weight is 201 g/mol. The lowest BCUT2D eigenvalue weighted by molar-refractivity contribution is -0.150. The predicted octanol–water partition coefficient (Wildman–Crippen LogP) is -0.565. The van der Waals surface area contributed by atoms with Crippen molar-refractivity contribution in [2.45, 2.75) is 31.9 Å². The normalized spacial score (nSPS) is 19.6. The number of esters is 1. The van der Waals surface area contributed by atoms with Gasteiger partial charge in [-0.05, 0) is 25.7 Å². The van der Waals surface area contributed by atoms with E-state index in [1.54, 1.807) is 6.92 Å². The van der Waals surface area contributed by atoms with Gasteiger partial charge in [0.05, 0.1) is 12.7 Å². The molecule has 5 heteroatoms. The SMILES string of the molecule is CCOC(=O)C(NC=O)C(O)C1CC1. The van der Waals surface area contributed by atoms with Crippen LogP contribution in [0.3, 0.4) is 0 Å². The maximum atomic E-state index is 11.3. The third-order valence-electron chi connectivity index (χ3n) is 2.23. The molecule has 0 bridgehead atoms. The van der Waals surface area contributed by atoms with Crippen molar-refractivity contribution in [1.82, 2.24) is 5.32 Å². The fraction of sp³-hybridized carbons (Fsp3) is 0.778. The Balaban J connectivity index is 2.51. The van der Waals surface area contributed by atoms with E-state index in [9.17, 15) is 14.7 Å². The molecule has 0 radical (unpaired) electrons. The van der Waals surface area contributed by atoms with Gasteiger partial charge < -0.3 is 15.2 Å². The van der Waals surface area contributed by atoms with Gasteiger partial charge in [0.1, 0.15) is 0 Å². The van der Waals surface area contributed by atoms with Crippen molar-refractivity contribution in [2.75, 3.05) is 6.61 Å². The van der Waals surface area contributed by atoms with E-state index in [4.69, 9.17) is 4.74 Å². The highest BCUT2D eigenvalue weighted by Gasteiger charge is 2.39. The molecule has 1 amide bonds. The molecule has 14 heavy (non-hydrogen) atoms. The first-order valence-electron chi connectivity index (χ1n) is 4.75. The summed E-state index contributed by atoms with van der Waals surface area (Å²) >= 11 is 0. The highest BCUT2D eigenvalue weighted by atomic mass is 16.5. The summed E-state index contributed by atoms with van der Waals surface area (Å²) in [6.07, 6.45) is 1.39. The molecule has 0 aliphatic heterocycles. The first kappa shape index (κ1) is 11.0. The van der Waals surface area contributed by atoms with Gasteiger partial charge in [0.15, 0.2) is 6.04 Å². The molecule has 2 atom stereocenters. The van der Waals surface area contributed by atoms with E-state index in [0.717, 1.165) is 12.8 Å². The maximum Gasteiger partial charge on any atom is 0.331 e. The molecular weight excluding hydrogens is 186 g/mol. The fourth-order valence-electron chi connectivity index (χ4n) is 1.32. The number of rotatable bonds is 6. The van der Waals surface area contributed by atoms with Gasteiger partial charge in [-0.1, -0.05) is 0 Å². The Morgan fingerprint density at radius 1 is 1.71 bits per heavy atom. The summed E-state index contributed by atoms with van der Waals surface area (Å²) < 4.78 is 4.74. The number of nitrogens with one attached hydrogen (secondary N) is 1. The molecular formula is C9H15NO4. The number of amides is 1. The maximum absolute atomic E-state index is 11.3. The van der Waals surface area contributed by atoms with Crippen LogP contribution < -0.4 is 5.32 Å². The minimum atomic E-state index is -0.917. The minimum Gasteiger partial charge on any atom is -0.464 e. The van der Waals surface area contributed by atoms with E-state index in [0.29, 0.717) is 6.41 Å². The lowest BCUT2D eigenvalue weighted by Gasteiger charge is -2.19. The van der Waals surface area contributed by atoms with Crippen LogP contribution in [0.4, 0.5) is 0 Å². The summed E-state index contributed by atoms with van der Waals surface area (Å²) in [5.74, 6) is -0.448. The highest BCUT2D eigenvalue weighted by molar-refractivity contribution is 5.79. The van der Waals surface area contributed by atoms with Gasteiger partial charge in [0.2, 0.25) is 6.41 Å². The molecule has 0 spiro atoms. The van der Waals surface area contributed by atoms with Gasteiger partial charge in [-0.15, -0.1) is 0 Å². The van der Waals surface area contributed by atoms with Crippen LogP contribution in [0.2, 0.25) is 0 Å². The second-order valence-corrected chi connectivity index (χ2v) is 3.34. The van der Waals surface area contributed by atoms with Crippen molar-refractivity contribution in [3.63, 3.8) is 0 Å². The number of hydrogen-bond donors (Lipinski definition) is 2. The van der Waals surface area contributed by atoms with Crippen LogP contribution in [-0.4, -0.2) is 36.2 Å². The Hall–Kier alpha value is -1.10. The first-order chi connectivity index (χ1) is 6.70. The van der Waals surface area contributed by atoms with Crippen LogP contribution in [0.25, 0.3) is 0 Å². The Labute approximate surface area is 82.4 Å². The van der Waals surface area contributed by atoms with Gasteiger partial charge >= 0.3 is 5.97 Å². The fourth-order valence-corrected chi connectivity index (χ4v) is 1.32. The minimum absolute atomic E-state index is 0.122. The Bertz CT molecular complexity index is 215. The van der Waals surface area contributed by atoms with Crippen molar-refractivity contribution in [3.8, 4) is 0 Å². The molecule has 80 valence electrons. The van der Waals surface area contributed by atoms with E-state index < -0.39 is 18.1 Å². The monoisotopic (exact) mass is 201 g/mol. The molecule has 0 aromatic carbocycles. The standard InChI is InChI=1S/C9H15NO4/c1-2-14-9(13)7(10-5-11)8(12)6-3-4-6/h5-8,12H,2-4H2,1H3,(H,10,11). The number of aliphatic hydroxyl groups excluding tert-OH is 1. The van der Waals surface area contributed by atoms with E-state index in [-0.39, 0.29) is 12.5 Å². The Kier molecular flexibility index (Phi) is 3.88. The lowest BCUT2D eigenvalue weighted by Crippen LogP contribution is -2.47. The van der Waals surface area contributed by atoms with Gasteiger partial charge in [-0.3, -0.25) is 4.79 Å². The van der Waals surface area contributed by atoms with Crippen molar-refractivity contribution in [1.29, 1.82) is 0 Å². The topological polar surface area (TPSA) is 75.6 Å². The molecule has 0 aromatic rings. The number of carbonyl (C=O) groups excluding carboxylic acids is 2. The van der Waals surface area contributed by atoms with Crippen LogP contribution in [0.15, 0.2) is 0 Å². The second kappa shape index (κ2) is 4.95. The van der Waals surface area contributed by atoms with E-state index in [1.165, 1.54) is 0 Å². The zero-order chi connectivity index (χ0) is 10.6. The number of ether oxygens (including phenoxy) is 1. The second-order valence-electron chi connectivity index (χ2n) is 3.34. The molecule has 2 unspecified atom stereocenters. The van der Waals surface area contributed by atoms with E-state index >= 15 is 0 Å². The number of hydrogen-bond acceptors (Lipinski definition) is 4. The highest BCUT2D eigenvalue weighted by Crippen LogP contribution is 2.34. The summed E-state index contributed by atoms with van der Waals surface area (Å²) in [4.78, 5) is 21.5. The van der Waals surface area contributed by atoms with Crippen LogP contribution in [-0.2, 0) is 14.3 Å². The smallest absolute Gasteiger partial charge is 0.331 e. The molecule has 1 saturated carbocycles. The first-order valence-corrected chi connectivity index (χ1v) is 4.75. The molecule has 1 aliphatic rings. The average Bonchev–Trinajstić information content (AvgIpc) is 2.96. The Morgan fingerprint density at radius 2 is 2.36 bits per heavy atom. The predicted molar refractivity (Wildman–Crippen MR) is 48.4 cm³/mol. The molecule has 0 heterocycles. The van der Waals surface area contributed by atoms with Crippen LogP contribution in [0.5, 0.6) is 0 Å². The van der Waals surface area contributed by atoms with Crippen molar-refractivity contribution >= 4 is 12.4 Å². The molecule has 5 nitrogen and oxygen atoms in total. The largest absolute Gasteiger partial charge is 0.464 e. The summed E-state index contributed by atoms with van der Waals surface area (Å²) in [5.41, 5.74) is 0. The number of carbonyl (C=O) groups is 2. The van der Waals surface area contributed by atoms with Gasteiger partial charge in [-0.25, -0.2) is 4.79 Å². The van der Waals surface area contributed by atoms with Crippen molar-refractivity contribution < 1.29 is 19.4 Å². The van der Waals surface area contributed by atoms with Gasteiger partial charge in [0, 0.05) is 0 Å². The van der Waals surface area contributed by atoms with Crippen LogP contribution in [0.1, 0.15) is 19.8 Å². The van der Waals surface area contributed by atoms with Crippen molar-refractivity contribution in [2.24, 2.45) is 5.92 Å². The summed E-state index contributed by atoms with van der Waals surface area (Å²) in [7, 11) is 0. The van der Waals surface area contributed by atoms with Crippen LogP contribution >= 0.6 is 0 Å². The molecule has 1 rings (SSSR count). The quantitative estimate of drug-likeness (QED) is 0.446. The third-order valence-corrected chi connectivity index (χ3v) is 2.23. The van der Waals surface area contributed by atoms with E-state index in [2.05, 4.69) is 5.32 Å². The zero-order valence-electron chi connectivity index (χ0n) is 8.10. The van der Waals surface area contributed by atoms with Gasteiger partial charge in [-0.2, -0.15) is 0 Å². The Morgan fingerprint density at radius 3 is 2.79 bits per heavy atom. The molecule has 1 aliphatic carbocycles. The number of aliphatic hydroxyl groups is 1. The lowest BCUT2D eigenvalue weighted by atomic mass is 10.1. The third kappa shape index (κ3) is 2.70. The van der Waals surface area contributed by atoms with Crippen LogP contribution in [0, 0.1) is 5.92 Å². The summed E-state index contributed by atoms with van der Waals surface area (Å²) in [5, 5.41) is 11.9. The molecule has 0 saturated heterocycles. The summed E-state index contributed by atoms with van der Waals surface area (Å²) in [6.45, 7) is 1.92. The molecule has 0 aromatic heterocycles. The molecule has 2 N–H and O–H groups in total. The molecule has 1 fully saturated rings. The van der Waals surface area contributed by atoms with E-state index in [1.807, 2.05) is 0 Å². The zero-order valence-corrected chi connectivity index (χ0v) is 8.10. The van der Waals surface area contributed by atoms with Crippen molar-refractivity contribution in [3.05, 3.63) is 0 Å².